The normalized spacial score (nSPS) is 11.2. The van der Waals surface area contributed by atoms with Crippen molar-refractivity contribution in [3.63, 3.8) is 0 Å². The van der Waals surface area contributed by atoms with Crippen LogP contribution in [0, 0.1) is 0 Å². The molecule has 0 aromatic heterocycles. The minimum Gasteiger partial charge on any atom is -0.493 e. The predicted octanol–water partition coefficient (Wildman–Crippen LogP) is 2.65. The molecule has 0 fully saturated rings. The molecule has 6 nitrogen and oxygen atoms in total. The van der Waals surface area contributed by atoms with Gasteiger partial charge in [0, 0.05) is 10.5 Å². The van der Waals surface area contributed by atoms with Crippen LogP contribution in [0.15, 0.2) is 51.8 Å². The van der Waals surface area contributed by atoms with Crippen molar-refractivity contribution in [2.24, 2.45) is 0 Å². The first-order valence-corrected chi connectivity index (χ1v) is 9.29. The number of para-hydroxylation sites is 1. The molecule has 0 saturated heterocycles. The Morgan fingerprint density at radius 2 is 1.67 bits per heavy atom. The zero-order chi connectivity index (χ0) is 17.7. The fourth-order valence-corrected chi connectivity index (χ4v) is 4.68. The van der Waals surface area contributed by atoms with E-state index in [4.69, 9.17) is 9.47 Å². The van der Waals surface area contributed by atoms with Crippen LogP contribution < -0.4 is 13.8 Å². The fourth-order valence-electron chi connectivity index (χ4n) is 2.23. The van der Waals surface area contributed by atoms with Crippen LogP contribution in [0.4, 0.5) is 5.69 Å². The first kappa shape index (κ1) is 18.6. The molecular formula is C16H18BrNO5S. The number of methoxy groups -OCH3 is 2. The molecule has 2 aromatic rings. The van der Waals surface area contributed by atoms with Crippen molar-refractivity contribution in [2.45, 2.75) is 4.90 Å². The topological polar surface area (TPSA) is 76.1 Å². The van der Waals surface area contributed by atoms with Gasteiger partial charge in [0.05, 0.1) is 33.1 Å². The maximum Gasteiger partial charge on any atom is 0.265 e. The van der Waals surface area contributed by atoms with E-state index in [9.17, 15) is 13.5 Å². The summed E-state index contributed by atoms with van der Waals surface area (Å²) in [6.45, 7) is -0.369. The average molecular weight is 416 g/mol. The molecule has 0 aliphatic rings. The van der Waals surface area contributed by atoms with Gasteiger partial charge >= 0.3 is 0 Å². The first-order valence-electron chi connectivity index (χ1n) is 7.06. The van der Waals surface area contributed by atoms with E-state index >= 15 is 0 Å². The van der Waals surface area contributed by atoms with Crippen molar-refractivity contribution in [3.8, 4) is 11.5 Å². The predicted molar refractivity (Wildman–Crippen MR) is 95.3 cm³/mol. The van der Waals surface area contributed by atoms with Crippen molar-refractivity contribution in [1.82, 2.24) is 0 Å². The molecule has 0 radical (unpaired) electrons. The Balaban J connectivity index is 2.59. The molecule has 0 bridgehead atoms. The van der Waals surface area contributed by atoms with Crippen LogP contribution in [0.5, 0.6) is 11.5 Å². The van der Waals surface area contributed by atoms with Crippen LogP contribution in [0.3, 0.4) is 0 Å². The number of ether oxygens (including phenoxy) is 2. The van der Waals surface area contributed by atoms with Gasteiger partial charge in [0.2, 0.25) is 0 Å². The lowest BCUT2D eigenvalue weighted by molar-refractivity contribution is 0.306. The highest BCUT2D eigenvalue weighted by Crippen LogP contribution is 2.37. The van der Waals surface area contributed by atoms with Gasteiger partial charge in [0.1, 0.15) is 4.90 Å². The lowest BCUT2D eigenvalue weighted by Gasteiger charge is -2.24. The summed E-state index contributed by atoms with van der Waals surface area (Å²) in [5.41, 5.74) is 0.466. The average Bonchev–Trinajstić information content (AvgIpc) is 2.59. The second-order valence-corrected chi connectivity index (χ2v) is 7.46. The number of aliphatic hydroxyl groups is 1. The highest BCUT2D eigenvalue weighted by atomic mass is 79.9. The second-order valence-electron chi connectivity index (χ2n) is 4.77. The molecule has 2 aromatic carbocycles. The molecule has 0 aliphatic heterocycles. The Kier molecular flexibility index (Phi) is 6.09. The Morgan fingerprint density at radius 3 is 2.21 bits per heavy atom. The summed E-state index contributed by atoms with van der Waals surface area (Å²) >= 11 is 3.28. The van der Waals surface area contributed by atoms with E-state index in [1.54, 1.807) is 30.3 Å². The third-order valence-corrected chi connectivity index (χ3v) is 6.14. The minimum absolute atomic E-state index is 0.0254. The number of rotatable bonds is 7. The van der Waals surface area contributed by atoms with Crippen molar-refractivity contribution in [3.05, 3.63) is 46.9 Å². The summed E-state index contributed by atoms with van der Waals surface area (Å²) in [5, 5.41) is 9.30. The molecule has 24 heavy (non-hydrogen) atoms. The Bertz CT molecular complexity index is 796. The van der Waals surface area contributed by atoms with E-state index in [1.165, 1.54) is 26.4 Å². The molecule has 0 atom stereocenters. The SMILES string of the molecule is COc1cc(Br)c(S(=O)(=O)N(CCO)c2ccccc2)cc1OC. The van der Waals surface area contributed by atoms with E-state index in [2.05, 4.69) is 15.9 Å². The third kappa shape index (κ3) is 3.66. The molecule has 0 amide bonds. The highest BCUT2D eigenvalue weighted by molar-refractivity contribution is 9.10. The van der Waals surface area contributed by atoms with Crippen molar-refractivity contribution in [1.29, 1.82) is 0 Å². The van der Waals surface area contributed by atoms with Crippen LogP contribution in [-0.4, -0.2) is 40.9 Å². The number of aliphatic hydroxyl groups excluding tert-OH is 1. The maximum atomic E-state index is 13.1. The summed E-state index contributed by atoms with van der Waals surface area (Å²) in [6, 6.07) is 11.5. The molecule has 1 N–H and O–H groups in total. The summed E-state index contributed by atoms with van der Waals surface area (Å²) in [6.07, 6.45) is 0. The molecule has 8 heteroatoms. The smallest absolute Gasteiger partial charge is 0.265 e. The van der Waals surface area contributed by atoms with Crippen LogP contribution in [-0.2, 0) is 10.0 Å². The van der Waals surface area contributed by atoms with Gasteiger partial charge in [-0.2, -0.15) is 0 Å². The largest absolute Gasteiger partial charge is 0.493 e. The number of benzene rings is 2. The summed E-state index contributed by atoms with van der Waals surface area (Å²) in [4.78, 5) is 0.0254. The molecule has 130 valence electrons. The Hall–Kier alpha value is -1.77. The van der Waals surface area contributed by atoms with Gasteiger partial charge in [0.15, 0.2) is 11.5 Å². The van der Waals surface area contributed by atoms with E-state index in [-0.39, 0.29) is 18.0 Å². The lowest BCUT2D eigenvalue weighted by atomic mass is 10.3. The first-order chi connectivity index (χ1) is 11.5. The van der Waals surface area contributed by atoms with Crippen molar-refractivity contribution < 1.29 is 23.0 Å². The number of hydrogen-bond donors (Lipinski definition) is 1. The molecule has 0 spiro atoms. The summed E-state index contributed by atoms with van der Waals surface area (Å²) < 4.78 is 38.1. The zero-order valence-corrected chi connectivity index (χ0v) is 15.7. The maximum absolute atomic E-state index is 13.1. The molecule has 0 heterocycles. The van der Waals surface area contributed by atoms with Gasteiger partial charge in [0.25, 0.3) is 10.0 Å². The van der Waals surface area contributed by atoms with Crippen LogP contribution in [0.25, 0.3) is 0 Å². The summed E-state index contributed by atoms with van der Waals surface area (Å²) in [5.74, 6) is 0.716. The van der Waals surface area contributed by atoms with Gasteiger partial charge in [-0.3, -0.25) is 4.31 Å². The van der Waals surface area contributed by atoms with Gasteiger partial charge in [-0.25, -0.2) is 8.42 Å². The molecular weight excluding hydrogens is 398 g/mol. The monoisotopic (exact) mass is 415 g/mol. The molecule has 0 unspecified atom stereocenters. The second kappa shape index (κ2) is 7.87. The number of nitrogens with zero attached hydrogens (tertiary/aromatic N) is 1. The number of anilines is 1. The number of hydrogen-bond acceptors (Lipinski definition) is 5. The Labute approximate surface area is 149 Å². The molecule has 0 aliphatic carbocycles. The third-order valence-electron chi connectivity index (χ3n) is 3.35. The fraction of sp³-hybridized carbons (Fsp3) is 0.250. The minimum atomic E-state index is -3.91. The zero-order valence-electron chi connectivity index (χ0n) is 13.3. The van der Waals surface area contributed by atoms with E-state index in [0.717, 1.165) is 4.31 Å². The van der Waals surface area contributed by atoms with Gasteiger partial charge in [-0.05, 0) is 34.1 Å². The quantitative estimate of drug-likeness (QED) is 0.751. The van der Waals surface area contributed by atoms with Crippen molar-refractivity contribution in [2.75, 3.05) is 31.7 Å². The molecule has 0 saturated carbocycles. The lowest BCUT2D eigenvalue weighted by Crippen LogP contribution is -2.33. The standard InChI is InChI=1S/C16H18BrNO5S/c1-22-14-10-13(17)16(11-15(14)23-2)24(20,21)18(8-9-19)12-6-4-3-5-7-12/h3-7,10-11,19H,8-9H2,1-2H3. The highest BCUT2D eigenvalue weighted by Gasteiger charge is 2.28. The number of sulfonamides is 1. The van der Waals surface area contributed by atoms with Crippen LogP contribution in [0.2, 0.25) is 0 Å². The number of halogens is 1. The van der Waals surface area contributed by atoms with Crippen LogP contribution in [0.1, 0.15) is 0 Å². The van der Waals surface area contributed by atoms with Crippen molar-refractivity contribution >= 4 is 31.6 Å². The van der Waals surface area contributed by atoms with Crippen LogP contribution >= 0.6 is 15.9 Å². The molecule has 2 rings (SSSR count). The summed E-state index contributed by atoms with van der Waals surface area (Å²) in [7, 11) is -1.01. The van der Waals surface area contributed by atoms with Gasteiger partial charge < -0.3 is 14.6 Å². The van der Waals surface area contributed by atoms with E-state index in [1.807, 2.05) is 0 Å². The van der Waals surface area contributed by atoms with E-state index in [0.29, 0.717) is 21.7 Å². The Morgan fingerprint density at radius 1 is 1.08 bits per heavy atom. The van der Waals surface area contributed by atoms with Gasteiger partial charge in [-0.15, -0.1) is 0 Å². The van der Waals surface area contributed by atoms with E-state index < -0.39 is 10.0 Å². The van der Waals surface area contributed by atoms with Gasteiger partial charge in [-0.1, -0.05) is 18.2 Å².